The van der Waals surface area contributed by atoms with E-state index in [2.05, 4.69) is 26.5 Å². The molecule has 0 aliphatic rings. The van der Waals surface area contributed by atoms with Crippen molar-refractivity contribution in [1.82, 2.24) is 5.43 Å². The molecule has 3 rings (SSSR count). The average molecular weight is 500 g/mol. The molecule has 0 fully saturated rings. The Morgan fingerprint density at radius 2 is 1.66 bits per heavy atom. The molecular formula is C23H22BrN3O5. The highest BCUT2D eigenvalue weighted by atomic mass is 79.9. The standard InChI is InChI=1S/C23H22BrN3O5/c1-30-22-10-6-18(12-23(22)31-2)14-26-25-13-17-5-9-21(20(24)11-17)32-15-16-3-7-19(8-4-16)27(28)29/h3-13,26H,14-15H2,1-2H3/b25-13-. The maximum Gasteiger partial charge on any atom is 0.269 e. The van der Waals surface area contributed by atoms with Gasteiger partial charge in [-0.25, -0.2) is 0 Å². The summed E-state index contributed by atoms with van der Waals surface area (Å²) in [4.78, 5) is 10.3. The molecular weight excluding hydrogens is 478 g/mol. The number of non-ortho nitro benzene ring substituents is 1. The van der Waals surface area contributed by atoms with E-state index in [-0.39, 0.29) is 5.69 Å². The summed E-state index contributed by atoms with van der Waals surface area (Å²) in [6.45, 7) is 0.839. The summed E-state index contributed by atoms with van der Waals surface area (Å²) in [5.41, 5.74) is 5.80. The first kappa shape index (κ1) is 23.1. The molecule has 0 unspecified atom stereocenters. The Bertz CT molecular complexity index is 1100. The number of hydrogen-bond acceptors (Lipinski definition) is 7. The van der Waals surface area contributed by atoms with Crippen LogP contribution < -0.4 is 19.6 Å². The number of rotatable bonds is 10. The fourth-order valence-corrected chi connectivity index (χ4v) is 3.35. The summed E-state index contributed by atoms with van der Waals surface area (Å²) in [6, 6.07) is 17.6. The Hall–Kier alpha value is -3.59. The highest BCUT2D eigenvalue weighted by molar-refractivity contribution is 9.10. The molecule has 8 nitrogen and oxygen atoms in total. The van der Waals surface area contributed by atoms with Gasteiger partial charge in [0.2, 0.25) is 0 Å². The number of methoxy groups -OCH3 is 2. The van der Waals surface area contributed by atoms with Crippen molar-refractivity contribution in [2.75, 3.05) is 14.2 Å². The van der Waals surface area contributed by atoms with Crippen LogP contribution in [0.4, 0.5) is 5.69 Å². The Morgan fingerprint density at radius 3 is 2.31 bits per heavy atom. The molecule has 0 spiro atoms. The second-order valence-electron chi connectivity index (χ2n) is 6.68. The molecule has 0 saturated heterocycles. The highest BCUT2D eigenvalue weighted by Crippen LogP contribution is 2.28. The molecule has 0 heterocycles. The maximum absolute atomic E-state index is 10.7. The first-order valence-corrected chi connectivity index (χ1v) is 10.4. The van der Waals surface area contributed by atoms with Crippen LogP contribution in [0.15, 0.2) is 70.2 Å². The van der Waals surface area contributed by atoms with E-state index in [1.165, 1.54) is 12.1 Å². The molecule has 0 aliphatic carbocycles. The van der Waals surface area contributed by atoms with Gasteiger partial charge in [0, 0.05) is 12.1 Å². The first-order chi connectivity index (χ1) is 15.5. The van der Waals surface area contributed by atoms with E-state index >= 15 is 0 Å². The van der Waals surface area contributed by atoms with E-state index < -0.39 is 4.92 Å². The van der Waals surface area contributed by atoms with Gasteiger partial charge < -0.3 is 19.6 Å². The zero-order valence-electron chi connectivity index (χ0n) is 17.6. The third kappa shape index (κ3) is 6.21. The average Bonchev–Trinajstić information content (AvgIpc) is 2.81. The zero-order chi connectivity index (χ0) is 22.9. The number of benzene rings is 3. The Labute approximate surface area is 194 Å². The second-order valence-corrected chi connectivity index (χ2v) is 7.54. The van der Waals surface area contributed by atoms with Crippen LogP contribution in [0.25, 0.3) is 0 Å². The number of nitro benzene ring substituents is 1. The van der Waals surface area contributed by atoms with Crippen LogP contribution in [0.1, 0.15) is 16.7 Å². The van der Waals surface area contributed by atoms with Gasteiger partial charge in [-0.3, -0.25) is 10.1 Å². The van der Waals surface area contributed by atoms with Crippen LogP contribution >= 0.6 is 15.9 Å². The number of ether oxygens (including phenoxy) is 3. The van der Waals surface area contributed by atoms with Crippen molar-refractivity contribution in [2.45, 2.75) is 13.2 Å². The lowest BCUT2D eigenvalue weighted by atomic mass is 10.2. The van der Waals surface area contributed by atoms with Crippen molar-refractivity contribution < 1.29 is 19.1 Å². The Balaban J connectivity index is 1.53. The normalized spacial score (nSPS) is 10.7. The number of nitrogens with one attached hydrogen (secondary N) is 1. The van der Waals surface area contributed by atoms with Gasteiger partial charge in [0.15, 0.2) is 11.5 Å². The van der Waals surface area contributed by atoms with Crippen LogP contribution in [0, 0.1) is 10.1 Å². The van der Waals surface area contributed by atoms with Crippen LogP contribution in [0.5, 0.6) is 17.2 Å². The molecule has 9 heteroatoms. The van der Waals surface area contributed by atoms with Crippen molar-refractivity contribution in [2.24, 2.45) is 5.10 Å². The predicted molar refractivity (Wildman–Crippen MR) is 126 cm³/mol. The summed E-state index contributed by atoms with van der Waals surface area (Å²) >= 11 is 3.50. The molecule has 0 aromatic heterocycles. The van der Waals surface area contributed by atoms with E-state index in [1.807, 2.05) is 36.4 Å². The fraction of sp³-hybridized carbons (Fsp3) is 0.174. The van der Waals surface area contributed by atoms with E-state index in [1.54, 1.807) is 32.6 Å². The monoisotopic (exact) mass is 499 g/mol. The van der Waals surface area contributed by atoms with Gasteiger partial charge in [-0.05, 0) is 75.1 Å². The van der Waals surface area contributed by atoms with Crippen molar-refractivity contribution in [3.63, 3.8) is 0 Å². The van der Waals surface area contributed by atoms with Gasteiger partial charge in [-0.15, -0.1) is 0 Å². The van der Waals surface area contributed by atoms with E-state index in [0.29, 0.717) is 30.4 Å². The number of hydrogen-bond donors (Lipinski definition) is 1. The maximum atomic E-state index is 10.7. The van der Waals surface area contributed by atoms with Gasteiger partial charge in [-0.2, -0.15) is 5.10 Å². The largest absolute Gasteiger partial charge is 0.493 e. The highest BCUT2D eigenvalue weighted by Gasteiger charge is 2.07. The molecule has 0 atom stereocenters. The van der Waals surface area contributed by atoms with Gasteiger partial charge >= 0.3 is 0 Å². The molecule has 0 aliphatic heterocycles. The number of hydrazone groups is 1. The minimum absolute atomic E-state index is 0.0540. The minimum Gasteiger partial charge on any atom is -0.493 e. The lowest BCUT2D eigenvalue weighted by molar-refractivity contribution is -0.384. The first-order valence-electron chi connectivity index (χ1n) is 9.62. The quantitative estimate of drug-likeness (QED) is 0.237. The molecule has 3 aromatic carbocycles. The minimum atomic E-state index is -0.426. The summed E-state index contributed by atoms with van der Waals surface area (Å²) < 4.78 is 17.1. The van der Waals surface area contributed by atoms with Gasteiger partial charge in [-0.1, -0.05) is 6.07 Å². The van der Waals surface area contributed by atoms with Gasteiger partial charge in [0.25, 0.3) is 5.69 Å². The summed E-state index contributed by atoms with van der Waals surface area (Å²) in [5, 5.41) is 15.0. The van der Waals surface area contributed by atoms with Crippen molar-refractivity contribution in [1.29, 1.82) is 0 Å². The topological polar surface area (TPSA) is 95.2 Å². The lowest BCUT2D eigenvalue weighted by Crippen LogP contribution is -2.06. The Kier molecular flexibility index (Phi) is 8.04. The molecule has 0 radical (unpaired) electrons. The van der Waals surface area contributed by atoms with Gasteiger partial charge in [0.05, 0.1) is 36.4 Å². The Morgan fingerprint density at radius 1 is 0.969 bits per heavy atom. The summed E-state index contributed by atoms with van der Waals surface area (Å²) in [5.74, 6) is 2.02. The zero-order valence-corrected chi connectivity index (χ0v) is 19.2. The van der Waals surface area contributed by atoms with Crippen molar-refractivity contribution in [3.8, 4) is 17.2 Å². The van der Waals surface area contributed by atoms with Crippen molar-refractivity contribution in [3.05, 3.63) is 91.9 Å². The molecule has 0 amide bonds. The molecule has 166 valence electrons. The molecule has 1 N–H and O–H groups in total. The smallest absolute Gasteiger partial charge is 0.269 e. The van der Waals surface area contributed by atoms with E-state index in [9.17, 15) is 10.1 Å². The van der Waals surface area contributed by atoms with E-state index in [4.69, 9.17) is 14.2 Å². The van der Waals surface area contributed by atoms with Crippen LogP contribution in [0.2, 0.25) is 0 Å². The van der Waals surface area contributed by atoms with Crippen LogP contribution in [0.3, 0.4) is 0 Å². The molecule has 0 bridgehead atoms. The summed E-state index contributed by atoms with van der Waals surface area (Å²) in [6.07, 6.45) is 1.71. The van der Waals surface area contributed by atoms with Gasteiger partial charge in [0.1, 0.15) is 12.4 Å². The van der Waals surface area contributed by atoms with Crippen LogP contribution in [-0.4, -0.2) is 25.4 Å². The molecule has 32 heavy (non-hydrogen) atoms. The predicted octanol–water partition coefficient (Wildman–Crippen LogP) is 5.08. The molecule has 0 saturated carbocycles. The summed E-state index contributed by atoms with van der Waals surface area (Å²) in [7, 11) is 3.20. The third-order valence-corrected chi connectivity index (χ3v) is 5.15. The lowest BCUT2D eigenvalue weighted by Gasteiger charge is -2.09. The van der Waals surface area contributed by atoms with E-state index in [0.717, 1.165) is 21.2 Å². The second kappa shape index (κ2) is 11.1. The van der Waals surface area contributed by atoms with Crippen LogP contribution in [-0.2, 0) is 13.2 Å². The third-order valence-electron chi connectivity index (χ3n) is 4.53. The SMILES string of the molecule is COc1ccc(CN/N=C\c2ccc(OCc3ccc([N+](=O)[O-])cc3)c(Br)c2)cc1OC. The number of nitro groups is 1. The fourth-order valence-electron chi connectivity index (χ4n) is 2.84. The van der Waals surface area contributed by atoms with Crippen molar-refractivity contribution >= 4 is 27.8 Å². The number of nitrogens with zero attached hydrogens (tertiary/aromatic N) is 2. The molecule has 3 aromatic rings. The number of halogens is 1.